The monoisotopic (exact) mass is 235 g/mol. The molecule has 4 heteroatoms. The van der Waals surface area contributed by atoms with E-state index in [2.05, 4.69) is 0 Å². The maximum atomic E-state index is 10.1. The smallest absolute Gasteiger partial charge is 0.142 e. The van der Waals surface area contributed by atoms with Gasteiger partial charge in [-0.1, -0.05) is 30.3 Å². The maximum Gasteiger partial charge on any atom is 0.142 e. The van der Waals surface area contributed by atoms with E-state index in [1.807, 2.05) is 0 Å². The number of carbonyl (C=O) groups excluding carboxylic acids is 1. The number of nitrogens with two attached hydrogens (primary N) is 1. The van der Waals surface area contributed by atoms with Crippen molar-refractivity contribution in [3.8, 4) is 0 Å². The van der Waals surface area contributed by atoms with Gasteiger partial charge in [0.1, 0.15) is 12.4 Å². The number of carbonyl (C=O) groups is 1. The average molecular weight is 235 g/mol. The molecule has 2 unspecified atom stereocenters. The third-order valence-corrected chi connectivity index (χ3v) is 2.47. The Labute approximate surface area is 100 Å². The van der Waals surface area contributed by atoms with Gasteiger partial charge in [0.15, 0.2) is 0 Å². The Morgan fingerprint density at radius 2 is 1.88 bits per heavy atom. The number of aldehydes is 1. The second-order valence-corrected chi connectivity index (χ2v) is 3.75. The maximum absolute atomic E-state index is 10.1. The summed E-state index contributed by atoms with van der Waals surface area (Å²) in [5.41, 5.74) is 6.81. The average Bonchev–Trinajstić information content (AvgIpc) is 2.36. The highest BCUT2D eigenvalue weighted by Gasteiger charge is 2.16. The van der Waals surface area contributed by atoms with Crippen molar-refractivity contribution >= 4 is 12.4 Å². The topological polar surface area (TPSA) is 83.6 Å². The molecule has 4 N–H and O–H groups in total. The Balaban J connectivity index is 2.72. The Morgan fingerprint density at radius 3 is 2.41 bits per heavy atom. The number of allylic oxidation sites excluding steroid dienone is 1. The molecule has 4 nitrogen and oxygen atoms in total. The fraction of sp³-hybridized carbons (Fsp3) is 0.308. The number of hydrogen-bond acceptors (Lipinski definition) is 4. The molecular formula is C13H17NO3. The molecule has 0 fully saturated rings. The first-order chi connectivity index (χ1) is 8.19. The van der Waals surface area contributed by atoms with Crippen LogP contribution >= 0.6 is 0 Å². The van der Waals surface area contributed by atoms with Crippen LogP contribution in [0, 0.1) is 0 Å². The molecule has 0 aliphatic heterocycles. The van der Waals surface area contributed by atoms with Gasteiger partial charge in [-0.25, -0.2) is 0 Å². The number of aliphatic hydroxyl groups is 2. The summed E-state index contributed by atoms with van der Waals surface area (Å²) in [5, 5.41) is 19.4. The summed E-state index contributed by atoms with van der Waals surface area (Å²) in [6.07, 6.45) is 2.34. The van der Waals surface area contributed by atoms with E-state index >= 15 is 0 Å². The van der Waals surface area contributed by atoms with Gasteiger partial charge in [-0.05, 0) is 30.2 Å². The highest BCUT2D eigenvalue weighted by molar-refractivity contribution is 5.73. The molecule has 0 aliphatic carbocycles. The van der Waals surface area contributed by atoms with E-state index in [9.17, 15) is 15.0 Å². The van der Waals surface area contributed by atoms with Crippen molar-refractivity contribution in [2.24, 2.45) is 5.73 Å². The van der Waals surface area contributed by atoms with Gasteiger partial charge in [0.25, 0.3) is 0 Å². The van der Waals surface area contributed by atoms with Crippen LogP contribution in [0.3, 0.4) is 0 Å². The molecule has 0 amide bonds. The highest BCUT2D eigenvalue weighted by atomic mass is 16.3. The number of aliphatic hydroxyl groups excluding tert-OH is 2. The SMILES string of the molecule is NCCC(O)C(O)c1ccc(/C=C/C=O)cc1. The van der Waals surface area contributed by atoms with Crippen LogP contribution in [0.1, 0.15) is 23.7 Å². The minimum Gasteiger partial charge on any atom is -0.390 e. The van der Waals surface area contributed by atoms with Gasteiger partial charge in [0.2, 0.25) is 0 Å². The van der Waals surface area contributed by atoms with Crippen molar-refractivity contribution < 1.29 is 15.0 Å². The van der Waals surface area contributed by atoms with Crippen LogP contribution in [0.25, 0.3) is 6.08 Å². The third kappa shape index (κ3) is 4.11. The zero-order valence-electron chi connectivity index (χ0n) is 9.49. The quantitative estimate of drug-likeness (QED) is 0.499. The fourth-order valence-corrected chi connectivity index (χ4v) is 1.51. The van der Waals surface area contributed by atoms with Crippen LogP contribution in [0.4, 0.5) is 0 Å². The van der Waals surface area contributed by atoms with Gasteiger partial charge in [0, 0.05) is 0 Å². The molecule has 0 aliphatic rings. The lowest BCUT2D eigenvalue weighted by molar-refractivity contribution is -0.104. The largest absolute Gasteiger partial charge is 0.390 e. The van der Waals surface area contributed by atoms with Gasteiger partial charge >= 0.3 is 0 Å². The van der Waals surface area contributed by atoms with Crippen molar-refractivity contribution in [3.63, 3.8) is 0 Å². The van der Waals surface area contributed by atoms with Gasteiger partial charge in [0.05, 0.1) is 6.10 Å². The Bertz CT molecular complexity index is 373. The molecule has 0 radical (unpaired) electrons. The van der Waals surface area contributed by atoms with E-state index in [1.165, 1.54) is 6.08 Å². The molecule has 2 atom stereocenters. The minimum absolute atomic E-state index is 0.332. The normalized spacial score (nSPS) is 14.8. The highest BCUT2D eigenvalue weighted by Crippen LogP contribution is 2.19. The van der Waals surface area contributed by atoms with E-state index in [4.69, 9.17) is 5.73 Å². The molecule has 0 saturated heterocycles. The fourth-order valence-electron chi connectivity index (χ4n) is 1.51. The molecule has 0 aromatic heterocycles. The summed E-state index contributed by atoms with van der Waals surface area (Å²) < 4.78 is 0. The van der Waals surface area contributed by atoms with Crippen LogP contribution in [-0.2, 0) is 4.79 Å². The molecule has 1 rings (SSSR count). The molecule has 1 aromatic carbocycles. The molecule has 0 bridgehead atoms. The zero-order chi connectivity index (χ0) is 12.7. The zero-order valence-corrected chi connectivity index (χ0v) is 9.49. The summed E-state index contributed by atoms with van der Waals surface area (Å²) in [4.78, 5) is 10.1. The number of rotatable bonds is 6. The molecular weight excluding hydrogens is 218 g/mol. The van der Waals surface area contributed by atoms with E-state index in [1.54, 1.807) is 30.3 Å². The Morgan fingerprint density at radius 1 is 1.24 bits per heavy atom. The van der Waals surface area contributed by atoms with Crippen LogP contribution in [-0.4, -0.2) is 29.1 Å². The predicted molar refractivity (Wildman–Crippen MR) is 66.2 cm³/mol. The van der Waals surface area contributed by atoms with E-state index in [0.717, 1.165) is 5.56 Å². The summed E-state index contributed by atoms with van der Waals surface area (Å²) >= 11 is 0. The van der Waals surface area contributed by atoms with Gasteiger partial charge < -0.3 is 15.9 Å². The van der Waals surface area contributed by atoms with Gasteiger partial charge in [-0.15, -0.1) is 0 Å². The number of hydrogen-bond donors (Lipinski definition) is 3. The molecule has 0 spiro atoms. The predicted octanol–water partition coefficient (Wildman–Crippen LogP) is 0.642. The first kappa shape index (κ1) is 13.6. The lowest BCUT2D eigenvalue weighted by atomic mass is 10.0. The van der Waals surface area contributed by atoms with E-state index < -0.39 is 12.2 Å². The summed E-state index contributed by atoms with van der Waals surface area (Å²) in [5.74, 6) is 0. The van der Waals surface area contributed by atoms with Crippen LogP contribution < -0.4 is 5.73 Å². The Hall–Kier alpha value is -1.49. The third-order valence-electron chi connectivity index (χ3n) is 2.47. The minimum atomic E-state index is -0.928. The molecule has 0 heterocycles. The van der Waals surface area contributed by atoms with Crippen molar-refractivity contribution in [1.29, 1.82) is 0 Å². The van der Waals surface area contributed by atoms with Crippen LogP contribution in [0.5, 0.6) is 0 Å². The second kappa shape index (κ2) is 6.96. The number of benzene rings is 1. The molecule has 0 saturated carbocycles. The molecule has 1 aromatic rings. The lowest BCUT2D eigenvalue weighted by Gasteiger charge is -2.17. The lowest BCUT2D eigenvalue weighted by Crippen LogP contribution is -2.21. The van der Waals surface area contributed by atoms with Crippen LogP contribution in [0.15, 0.2) is 30.3 Å². The Kier molecular flexibility index (Phi) is 5.56. The van der Waals surface area contributed by atoms with Gasteiger partial charge in [-0.3, -0.25) is 4.79 Å². The second-order valence-electron chi connectivity index (χ2n) is 3.75. The van der Waals surface area contributed by atoms with E-state index in [0.29, 0.717) is 24.8 Å². The first-order valence-electron chi connectivity index (χ1n) is 5.47. The van der Waals surface area contributed by atoms with Crippen molar-refractivity contribution in [2.75, 3.05) is 6.54 Å². The molecule has 17 heavy (non-hydrogen) atoms. The first-order valence-corrected chi connectivity index (χ1v) is 5.47. The van der Waals surface area contributed by atoms with Crippen molar-refractivity contribution in [2.45, 2.75) is 18.6 Å². The summed E-state index contributed by atoms with van der Waals surface area (Å²) in [6.45, 7) is 0.332. The molecule has 92 valence electrons. The standard InChI is InChI=1S/C13H17NO3/c14-8-7-12(16)13(17)11-5-3-10(4-6-11)2-1-9-15/h1-6,9,12-13,16-17H,7-8,14H2/b2-1+. The van der Waals surface area contributed by atoms with E-state index in [-0.39, 0.29) is 0 Å². The van der Waals surface area contributed by atoms with Crippen molar-refractivity contribution in [3.05, 3.63) is 41.5 Å². The summed E-state index contributed by atoms with van der Waals surface area (Å²) in [6, 6.07) is 6.98. The summed E-state index contributed by atoms with van der Waals surface area (Å²) in [7, 11) is 0. The van der Waals surface area contributed by atoms with Crippen molar-refractivity contribution in [1.82, 2.24) is 0 Å². The van der Waals surface area contributed by atoms with Gasteiger partial charge in [-0.2, -0.15) is 0 Å². The van der Waals surface area contributed by atoms with Crippen LogP contribution in [0.2, 0.25) is 0 Å².